The molecule has 0 aromatic heterocycles. The first kappa shape index (κ1) is 70.9. The van der Waals surface area contributed by atoms with Crippen molar-refractivity contribution in [2.45, 2.75) is 173 Å². The van der Waals surface area contributed by atoms with E-state index in [0.717, 1.165) is 0 Å². The largest absolute Gasteiger partial charge is 0.481 e. The number of nitrogens with one attached hydrogen (secondary N) is 8. The molecule has 0 fully saturated rings. The van der Waals surface area contributed by atoms with Crippen molar-refractivity contribution in [1.82, 2.24) is 42.5 Å². The van der Waals surface area contributed by atoms with Crippen molar-refractivity contribution in [3.63, 3.8) is 0 Å². The minimum absolute atomic E-state index is 0.00645. The lowest BCUT2D eigenvalue weighted by Gasteiger charge is -2.29. The van der Waals surface area contributed by atoms with E-state index in [2.05, 4.69) is 57.5 Å². The molecule has 9 amide bonds. The number of carbonyl (C=O) groups is 11. The molecule has 0 aliphatic carbocycles. The molecule has 0 saturated heterocycles. The molecule has 0 radical (unpaired) electrons. The van der Waals surface area contributed by atoms with Gasteiger partial charge in [0.25, 0.3) is 0 Å². The smallest absolute Gasteiger partial charge is 0.326 e. The fourth-order valence-corrected chi connectivity index (χ4v) is 7.33. The highest BCUT2D eigenvalue weighted by Crippen LogP contribution is 2.13. The van der Waals surface area contributed by atoms with Gasteiger partial charge in [0.15, 0.2) is 17.9 Å². The molecule has 79 heavy (non-hydrogen) atoms. The average Bonchev–Trinajstić information content (AvgIpc) is 3.34. The van der Waals surface area contributed by atoms with E-state index in [9.17, 15) is 63.0 Å². The van der Waals surface area contributed by atoms with Gasteiger partial charge in [0.1, 0.15) is 48.3 Å². The first-order chi connectivity index (χ1) is 36.8. The molecule has 0 bridgehead atoms. The molecule has 0 saturated carbocycles. The van der Waals surface area contributed by atoms with Crippen molar-refractivity contribution >= 4 is 83.0 Å². The van der Waals surface area contributed by atoms with E-state index in [1.807, 2.05) is 0 Å². The van der Waals surface area contributed by atoms with Crippen molar-refractivity contribution in [2.75, 3.05) is 19.6 Å². The van der Waals surface area contributed by atoms with Crippen LogP contribution in [0.1, 0.15) is 119 Å². The van der Waals surface area contributed by atoms with Gasteiger partial charge in [0.2, 0.25) is 53.2 Å². The molecule has 0 aromatic rings. The van der Waals surface area contributed by atoms with E-state index in [0.29, 0.717) is 6.42 Å². The minimum atomic E-state index is -1.74. The van der Waals surface area contributed by atoms with Crippen LogP contribution in [0.4, 0.5) is 0 Å². The Labute approximate surface area is 459 Å². The predicted molar refractivity (Wildman–Crippen MR) is 291 cm³/mol. The van der Waals surface area contributed by atoms with Crippen molar-refractivity contribution < 1.29 is 63.0 Å². The van der Waals surface area contributed by atoms with Gasteiger partial charge in [0, 0.05) is 26.1 Å². The Hall–Kier alpha value is -8.06. The summed E-state index contributed by atoms with van der Waals surface area (Å²) in [5.74, 6) is -13.2. The number of hydrogen-bond acceptors (Lipinski definition) is 15. The van der Waals surface area contributed by atoms with Gasteiger partial charge in [-0.15, -0.1) is 0 Å². The summed E-state index contributed by atoms with van der Waals surface area (Å²) in [4.78, 5) is 157. The molecular formula is C47H87N19O13. The maximum atomic E-state index is 14.1. The minimum Gasteiger partial charge on any atom is -0.481 e. The Morgan fingerprint density at radius 1 is 0.456 bits per heavy atom. The molecule has 0 aromatic carbocycles. The summed E-state index contributed by atoms with van der Waals surface area (Å²) in [7, 11) is 0. The zero-order valence-electron chi connectivity index (χ0n) is 46.2. The monoisotopic (exact) mass is 1130 g/mol. The van der Waals surface area contributed by atoms with Gasteiger partial charge in [-0.1, -0.05) is 48.0 Å². The topological polar surface area (TPSA) is 570 Å². The first-order valence-corrected chi connectivity index (χ1v) is 25.9. The van der Waals surface area contributed by atoms with Crippen LogP contribution in [0.5, 0.6) is 0 Å². The lowest BCUT2D eigenvalue weighted by atomic mass is 9.97. The molecule has 0 aliphatic heterocycles. The van der Waals surface area contributed by atoms with E-state index < -0.39 is 151 Å². The Morgan fingerprint density at radius 3 is 1.27 bits per heavy atom. The van der Waals surface area contributed by atoms with Crippen LogP contribution in [0, 0.1) is 17.8 Å². The van der Waals surface area contributed by atoms with Crippen LogP contribution >= 0.6 is 0 Å². The number of aliphatic imine (C=N–C) groups is 3. The number of primary amides is 1. The number of rotatable bonds is 39. The predicted octanol–water partition coefficient (Wildman–Crippen LogP) is -6.05. The summed E-state index contributed by atoms with van der Waals surface area (Å²) in [5.41, 5.74) is 44.1. The third-order valence-electron chi connectivity index (χ3n) is 11.9. The molecule has 0 heterocycles. The molecule has 0 unspecified atom stereocenters. The van der Waals surface area contributed by atoms with Gasteiger partial charge in [-0.05, 0) is 76.0 Å². The number of nitrogens with zero attached hydrogens (tertiary/aromatic N) is 3. The first-order valence-electron chi connectivity index (χ1n) is 25.9. The standard InChI is InChI=1S/C47H87N19O13/c1-8-24(6)35(43(77)62-28(14-11-19-58-47(54)55)38(72)61-29(15-16-33(68)69)40(74)65-34(23(4)5)44(78)79)66-36(70)25(7)59-41(75)31(21-32(49)67)64-39(73)27(13-10-18-57-46(52)53)60-42(76)30(20-22(2)3)63-37(71)26(48)12-9-17-56-45(50)51/h22-31,34-35H,8-21,48H2,1-7H3,(H2,49,67)(H,59,75)(H,60,76)(H,61,72)(H,62,77)(H,63,71)(H,64,73)(H,65,74)(H,66,70)(H,68,69)(H,78,79)(H4,50,51,56)(H4,52,53,57)(H4,54,55,58)/t24-,25-,26-,27-,28-,29-,30-,31-,34-,35-/m0/s1. The summed E-state index contributed by atoms with van der Waals surface area (Å²) >= 11 is 0. The van der Waals surface area contributed by atoms with E-state index in [1.54, 1.807) is 27.7 Å². The molecule has 448 valence electrons. The van der Waals surface area contributed by atoms with E-state index in [1.165, 1.54) is 20.8 Å². The summed E-state index contributed by atoms with van der Waals surface area (Å²) in [6.07, 6.45) is -1.10. The van der Waals surface area contributed by atoms with Crippen LogP contribution in [0.2, 0.25) is 0 Å². The van der Waals surface area contributed by atoms with Crippen LogP contribution in [0.3, 0.4) is 0 Å². The third kappa shape index (κ3) is 29.9. The van der Waals surface area contributed by atoms with Gasteiger partial charge in [-0.2, -0.15) is 0 Å². The SMILES string of the molecule is CC[C@H](C)[C@H](NC(=O)[C@H](C)NC(=O)[C@H](CC(N)=O)NC(=O)[C@H](CCCN=C(N)N)NC(=O)[C@H](CC(C)C)NC(=O)[C@@H](N)CCCN=C(N)N)C(=O)N[C@@H](CCCN=C(N)N)C(=O)N[C@@H](CCC(=O)O)C(=O)N[C@H](C(=O)O)C(C)C. The number of nitrogens with two attached hydrogens (primary N) is 8. The van der Waals surface area contributed by atoms with Gasteiger partial charge in [-0.3, -0.25) is 62.9 Å². The molecular weight excluding hydrogens is 1040 g/mol. The van der Waals surface area contributed by atoms with Crippen molar-refractivity contribution in [3.8, 4) is 0 Å². The second-order valence-electron chi connectivity index (χ2n) is 19.7. The quantitative estimate of drug-likeness (QED) is 0.0155. The number of carbonyl (C=O) groups excluding carboxylic acids is 9. The number of carboxylic acid groups (broad SMARTS) is 2. The zero-order chi connectivity index (χ0) is 60.7. The number of hydrogen-bond donors (Lipinski definition) is 18. The van der Waals surface area contributed by atoms with Crippen LogP contribution in [0.15, 0.2) is 15.0 Å². The molecule has 26 N–H and O–H groups in total. The Bertz CT molecular complexity index is 2160. The van der Waals surface area contributed by atoms with Gasteiger partial charge in [-0.25, -0.2) is 4.79 Å². The molecule has 10 atom stereocenters. The molecule has 0 aliphatic rings. The maximum Gasteiger partial charge on any atom is 0.326 e. The number of amides is 9. The van der Waals surface area contributed by atoms with Crippen molar-refractivity contribution in [2.24, 2.45) is 78.6 Å². The maximum absolute atomic E-state index is 14.1. The van der Waals surface area contributed by atoms with Crippen LogP contribution < -0.4 is 88.4 Å². The highest BCUT2D eigenvalue weighted by molar-refractivity contribution is 5.99. The van der Waals surface area contributed by atoms with Gasteiger partial charge in [0.05, 0.1) is 12.5 Å². The summed E-state index contributed by atoms with van der Waals surface area (Å²) in [5, 5.41) is 38.8. The molecule has 32 heteroatoms. The second kappa shape index (κ2) is 36.9. The number of aliphatic carboxylic acids is 2. The van der Waals surface area contributed by atoms with E-state index in [4.69, 9.17) is 45.9 Å². The molecule has 0 rings (SSSR count). The lowest BCUT2D eigenvalue weighted by Crippen LogP contribution is -2.61. The van der Waals surface area contributed by atoms with Gasteiger partial charge >= 0.3 is 11.9 Å². The Morgan fingerprint density at radius 2 is 0.848 bits per heavy atom. The van der Waals surface area contributed by atoms with Crippen molar-refractivity contribution in [3.05, 3.63) is 0 Å². The summed E-state index contributed by atoms with van der Waals surface area (Å²) < 4.78 is 0. The van der Waals surface area contributed by atoms with E-state index in [-0.39, 0.29) is 88.4 Å². The number of guanidine groups is 3. The third-order valence-corrected chi connectivity index (χ3v) is 11.9. The van der Waals surface area contributed by atoms with Crippen molar-refractivity contribution in [1.29, 1.82) is 0 Å². The van der Waals surface area contributed by atoms with E-state index >= 15 is 0 Å². The second-order valence-corrected chi connectivity index (χ2v) is 19.7. The molecule has 0 spiro atoms. The van der Waals surface area contributed by atoms with Crippen LogP contribution in [-0.4, -0.2) is 167 Å². The highest BCUT2D eigenvalue weighted by atomic mass is 16.4. The summed E-state index contributed by atoms with van der Waals surface area (Å²) in [6.45, 7) is 11.3. The fourth-order valence-electron chi connectivity index (χ4n) is 7.33. The normalized spacial score (nSPS) is 14.8. The average molecular weight is 1130 g/mol. The van der Waals surface area contributed by atoms with Crippen LogP contribution in [-0.2, 0) is 52.7 Å². The molecule has 32 nitrogen and oxygen atoms in total. The fraction of sp³-hybridized carbons (Fsp3) is 0.702. The Kier molecular flexibility index (Phi) is 33.1. The van der Waals surface area contributed by atoms with Gasteiger partial charge < -0.3 is 98.6 Å². The van der Waals surface area contributed by atoms with Crippen LogP contribution in [0.25, 0.3) is 0 Å². The lowest BCUT2D eigenvalue weighted by molar-refractivity contribution is -0.144. The Balaban J connectivity index is 6.68. The summed E-state index contributed by atoms with van der Waals surface area (Å²) in [6, 6.07) is -12.8. The number of carboxylic acids is 2. The zero-order valence-corrected chi connectivity index (χ0v) is 46.2. The highest BCUT2D eigenvalue weighted by Gasteiger charge is 2.36.